The fourth-order valence-electron chi connectivity index (χ4n) is 2.25. The number of hydrogen-bond acceptors (Lipinski definition) is 6. The monoisotopic (exact) mass is 264 g/mol. The van der Waals surface area contributed by atoms with Crippen LogP contribution in [0.1, 0.15) is 19.8 Å². The zero-order valence-electron chi connectivity index (χ0n) is 10.3. The second-order valence-corrected chi connectivity index (χ2v) is 5.72. The van der Waals surface area contributed by atoms with Crippen molar-refractivity contribution < 1.29 is 4.74 Å². The van der Waals surface area contributed by atoms with Gasteiger partial charge in [-0.05, 0) is 31.2 Å². The molecule has 6 heteroatoms. The average Bonchev–Trinajstić information content (AvgIpc) is 2.95. The van der Waals surface area contributed by atoms with Crippen molar-refractivity contribution in [2.24, 2.45) is 0 Å². The Morgan fingerprint density at radius 3 is 3.22 bits per heavy atom. The fourth-order valence-corrected chi connectivity index (χ4v) is 3.02. The van der Waals surface area contributed by atoms with Gasteiger partial charge in [0.2, 0.25) is 5.95 Å². The highest BCUT2D eigenvalue weighted by molar-refractivity contribution is 7.16. The normalized spacial score (nSPS) is 23.6. The minimum atomic E-state index is -0.0952. The molecule has 0 amide bonds. The average molecular weight is 264 g/mol. The molecule has 0 spiro atoms. The van der Waals surface area contributed by atoms with Crippen molar-refractivity contribution >= 4 is 33.3 Å². The fraction of sp³-hybridized carbons (Fsp3) is 0.500. The van der Waals surface area contributed by atoms with Crippen LogP contribution in [0.25, 0.3) is 10.2 Å². The molecule has 3 N–H and O–H groups in total. The predicted molar refractivity (Wildman–Crippen MR) is 73.9 cm³/mol. The maximum atomic E-state index is 5.75. The number of nitrogens with one attached hydrogen (secondary N) is 1. The lowest BCUT2D eigenvalue weighted by atomic mass is 10.0. The van der Waals surface area contributed by atoms with Crippen molar-refractivity contribution in [2.75, 3.05) is 24.2 Å². The summed E-state index contributed by atoms with van der Waals surface area (Å²) in [6, 6.07) is 2.01. The van der Waals surface area contributed by atoms with Gasteiger partial charge in [0, 0.05) is 13.2 Å². The second kappa shape index (κ2) is 4.37. The highest BCUT2D eigenvalue weighted by Crippen LogP contribution is 2.28. The van der Waals surface area contributed by atoms with E-state index < -0.39 is 0 Å². The molecule has 1 atom stereocenters. The van der Waals surface area contributed by atoms with E-state index in [4.69, 9.17) is 10.5 Å². The molecular formula is C12H16N4OS. The third-order valence-corrected chi connectivity index (χ3v) is 4.08. The second-order valence-electron chi connectivity index (χ2n) is 4.83. The van der Waals surface area contributed by atoms with Crippen LogP contribution in [0.15, 0.2) is 11.4 Å². The first kappa shape index (κ1) is 11.7. The number of nitrogens with zero attached hydrogens (tertiary/aromatic N) is 2. The molecule has 0 bridgehead atoms. The lowest BCUT2D eigenvalue weighted by molar-refractivity contribution is 0.0315. The van der Waals surface area contributed by atoms with E-state index >= 15 is 0 Å². The lowest BCUT2D eigenvalue weighted by Gasteiger charge is -2.23. The molecule has 18 heavy (non-hydrogen) atoms. The van der Waals surface area contributed by atoms with Gasteiger partial charge in [0.1, 0.15) is 10.6 Å². The molecule has 0 aliphatic carbocycles. The zero-order valence-corrected chi connectivity index (χ0v) is 11.1. The first-order valence-corrected chi connectivity index (χ1v) is 6.93. The van der Waals surface area contributed by atoms with Crippen LogP contribution in [0.2, 0.25) is 0 Å². The van der Waals surface area contributed by atoms with E-state index in [0.717, 1.165) is 42.0 Å². The Hall–Kier alpha value is -1.40. The van der Waals surface area contributed by atoms with Crippen LogP contribution in [0.4, 0.5) is 11.8 Å². The standard InChI is InChI=1S/C12H16N4OS/c1-12(4-2-5-17-12)7-14-9-8-3-6-18-10(8)16-11(13)15-9/h3,6H,2,4-5,7H2,1H3,(H3,13,14,15,16). The third-order valence-electron chi connectivity index (χ3n) is 3.27. The predicted octanol–water partition coefficient (Wildman–Crippen LogP) is 2.25. The Morgan fingerprint density at radius 1 is 1.56 bits per heavy atom. The molecule has 3 rings (SSSR count). The van der Waals surface area contributed by atoms with Crippen LogP contribution in [-0.4, -0.2) is 28.7 Å². The number of anilines is 2. The number of rotatable bonds is 3. The first-order chi connectivity index (χ1) is 8.66. The van der Waals surface area contributed by atoms with Crippen LogP contribution in [0, 0.1) is 0 Å². The number of nitrogens with two attached hydrogens (primary N) is 1. The number of ether oxygens (including phenoxy) is 1. The van der Waals surface area contributed by atoms with E-state index in [1.54, 1.807) is 11.3 Å². The van der Waals surface area contributed by atoms with Gasteiger partial charge < -0.3 is 15.8 Å². The molecule has 1 aliphatic rings. The van der Waals surface area contributed by atoms with E-state index in [0.29, 0.717) is 5.95 Å². The molecule has 5 nitrogen and oxygen atoms in total. The molecule has 1 saturated heterocycles. The van der Waals surface area contributed by atoms with Crippen molar-refractivity contribution in [3.05, 3.63) is 11.4 Å². The summed E-state index contributed by atoms with van der Waals surface area (Å²) in [5.74, 6) is 1.11. The molecule has 0 radical (unpaired) electrons. The van der Waals surface area contributed by atoms with Crippen molar-refractivity contribution in [3.63, 3.8) is 0 Å². The van der Waals surface area contributed by atoms with Gasteiger partial charge in [-0.15, -0.1) is 11.3 Å². The largest absolute Gasteiger partial charge is 0.373 e. The van der Waals surface area contributed by atoms with E-state index in [-0.39, 0.29) is 5.60 Å². The van der Waals surface area contributed by atoms with Crippen LogP contribution >= 0.6 is 11.3 Å². The minimum absolute atomic E-state index is 0.0952. The van der Waals surface area contributed by atoms with Crippen molar-refractivity contribution in [2.45, 2.75) is 25.4 Å². The zero-order chi connectivity index (χ0) is 12.6. The first-order valence-electron chi connectivity index (χ1n) is 6.05. The van der Waals surface area contributed by atoms with Crippen molar-refractivity contribution in [3.8, 4) is 0 Å². The Balaban J connectivity index is 1.83. The van der Waals surface area contributed by atoms with Gasteiger partial charge in [0.15, 0.2) is 0 Å². The Kier molecular flexibility index (Phi) is 2.83. The highest BCUT2D eigenvalue weighted by Gasteiger charge is 2.29. The van der Waals surface area contributed by atoms with Crippen LogP contribution in [0.5, 0.6) is 0 Å². The Bertz CT molecular complexity index is 562. The van der Waals surface area contributed by atoms with Crippen LogP contribution < -0.4 is 11.1 Å². The van der Waals surface area contributed by atoms with E-state index in [2.05, 4.69) is 22.2 Å². The SMILES string of the molecule is CC1(CNc2nc(N)nc3sccc23)CCCO1. The topological polar surface area (TPSA) is 73.1 Å². The molecule has 2 aromatic rings. The summed E-state index contributed by atoms with van der Waals surface area (Å²) in [7, 11) is 0. The molecule has 1 fully saturated rings. The molecule has 2 aromatic heterocycles. The smallest absolute Gasteiger partial charge is 0.223 e. The lowest BCUT2D eigenvalue weighted by Crippen LogP contribution is -2.32. The van der Waals surface area contributed by atoms with Crippen LogP contribution in [0.3, 0.4) is 0 Å². The third kappa shape index (κ3) is 2.13. The molecule has 0 aromatic carbocycles. The van der Waals surface area contributed by atoms with Gasteiger partial charge in [0.05, 0.1) is 11.0 Å². The molecule has 1 unspecified atom stereocenters. The Morgan fingerprint density at radius 2 is 2.44 bits per heavy atom. The summed E-state index contributed by atoms with van der Waals surface area (Å²) in [6.07, 6.45) is 2.20. The van der Waals surface area contributed by atoms with Gasteiger partial charge in [-0.1, -0.05) is 0 Å². The summed E-state index contributed by atoms with van der Waals surface area (Å²) in [4.78, 5) is 9.40. The van der Waals surface area contributed by atoms with Gasteiger partial charge in [-0.25, -0.2) is 4.98 Å². The molecule has 1 aliphatic heterocycles. The van der Waals surface area contributed by atoms with Gasteiger partial charge in [0.25, 0.3) is 0 Å². The van der Waals surface area contributed by atoms with Crippen molar-refractivity contribution in [1.82, 2.24) is 9.97 Å². The number of thiophene rings is 1. The highest BCUT2D eigenvalue weighted by atomic mass is 32.1. The number of fused-ring (bicyclic) bond motifs is 1. The molecule has 96 valence electrons. The van der Waals surface area contributed by atoms with Gasteiger partial charge in [-0.3, -0.25) is 0 Å². The van der Waals surface area contributed by atoms with Crippen molar-refractivity contribution in [1.29, 1.82) is 0 Å². The number of nitrogen functional groups attached to an aromatic ring is 1. The summed E-state index contributed by atoms with van der Waals surface area (Å²) in [6.45, 7) is 3.72. The number of aromatic nitrogens is 2. The molecule has 0 saturated carbocycles. The summed E-state index contributed by atoms with van der Waals surface area (Å²) >= 11 is 1.57. The maximum Gasteiger partial charge on any atom is 0.223 e. The van der Waals surface area contributed by atoms with E-state index in [1.165, 1.54) is 0 Å². The van der Waals surface area contributed by atoms with Gasteiger partial charge >= 0.3 is 0 Å². The molecule has 3 heterocycles. The summed E-state index contributed by atoms with van der Waals surface area (Å²) in [5, 5.41) is 6.37. The van der Waals surface area contributed by atoms with E-state index in [1.807, 2.05) is 11.4 Å². The Labute approximate surface area is 109 Å². The van der Waals surface area contributed by atoms with Gasteiger partial charge in [-0.2, -0.15) is 4.98 Å². The van der Waals surface area contributed by atoms with Crippen LogP contribution in [-0.2, 0) is 4.74 Å². The molecular weight excluding hydrogens is 248 g/mol. The summed E-state index contributed by atoms with van der Waals surface area (Å²) in [5.41, 5.74) is 5.62. The quantitative estimate of drug-likeness (QED) is 0.889. The maximum absolute atomic E-state index is 5.75. The summed E-state index contributed by atoms with van der Waals surface area (Å²) < 4.78 is 5.75. The van der Waals surface area contributed by atoms with E-state index in [9.17, 15) is 0 Å². The minimum Gasteiger partial charge on any atom is -0.373 e. The number of hydrogen-bond donors (Lipinski definition) is 2.